The second-order valence-corrected chi connectivity index (χ2v) is 7.74. The molecule has 0 radical (unpaired) electrons. The zero-order chi connectivity index (χ0) is 17.5. The standard InChI is InChI=1S/C20H27N3OS/c1-2-6-19-22-18(15-25-19)20(24)21-11-9-17-10-12-23(14-17)13-16-7-4-3-5-8-16/h3-5,7-8,15,17H,2,6,9-14H2,1H3,(H,21,24)/t17-/m0/s1. The van der Waals surface area contributed by atoms with Gasteiger partial charge >= 0.3 is 0 Å². The molecule has 134 valence electrons. The van der Waals surface area contributed by atoms with Crippen molar-refractivity contribution in [3.05, 3.63) is 52.0 Å². The number of aryl methyl sites for hydroxylation is 1. The third kappa shape index (κ3) is 5.38. The van der Waals surface area contributed by atoms with Crippen molar-refractivity contribution in [2.75, 3.05) is 19.6 Å². The fourth-order valence-corrected chi connectivity index (χ4v) is 4.24. The van der Waals surface area contributed by atoms with Crippen LogP contribution in [0, 0.1) is 5.92 Å². The third-order valence-electron chi connectivity index (χ3n) is 4.71. The number of nitrogens with one attached hydrogen (secondary N) is 1. The highest BCUT2D eigenvalue weighted by molar-refractivity contribution is 7.09. The Kier molecular flexibility index (Phi) is 6.59. The molecule has 25 heavy (non-hydrogen) atoms. The van der Waals surface area contributed by atoms with Crippen LogP contribution in [-0.4, -0.2) is 35.4 Å². The number of nitrogens with zero attached hydrogens (tertiary/aromatic N) is 2. The van der Waals surface area contributed by atoms with E-state index in [9.17, 15) is 4.79 Å². The van der Waals surface area contributed by atoms with E-state index in [0.717, 1.165) is 50.4 Å². The number of carbonyl (C=O) groups is 1. The number of hydrogen-bond acceptors (Lipinski definition) is 4. The van der Waals surface area contributed by atoms with E-state index >= 15 is 0 Å². The molecule has 0 unspecified atom stereocenters. The fourth-order valence-electron chi connectivity index (χ4n) is 3.36. The van der Waals surface area contributed by atoms with Gasteiger partial charge in [0, 0.05) is 25.0 Å². The minimum absolute atomic E-state index is 0.0299. The zero-order valence-corrected chi connectivity index (χ0v) is 15.7. The lowest BCUT2D eigenvalue weighted by atomic mass is 10.1. The van der Waals surface area contributed by atoms with Crippen LogP contribution in [0.25, 0.3) is 0 Å². The molecular formula is C20H27N3OS. The van der Waals surface area contributed by atoms with E-state index in [0.29, 0.717) is 11.6 Å². The smallest absolute Gasteiger partial charge is 0.270 e. The van der Waals surface area contributed by atoms with E-state index in [1.807, 2.05) is 5.38 Å². The molecule has 3 rings (SSSR count). The Morgan fingerprint density at radius 2 is 2.20 bits per heavy atom. The van der Waals surface area contributed by atoms with E-state index < -0.39 is 0 Å². The lowest BCUT2D eigenvalue weighted by Crippen LogP contribution is -2.27. The number of carbonyl (C=O) groups excluding carboxylic acids is 1. The van der Waals surface area contributed by atoms with Crippen LogP contribution in [0.4, 0.5) is 0 Å². The van der Waals surface area contributed by atoms with Crippen LogP contribution in [0.2, 0.25) is 0 Å². The van der Waals surface area contributed by atoms with E-state index in [2.05, 4.69) is 52.5 Å². The summed E-state index contributed by atoms with van der Waals surface area (Å²) in [4.78, 5) is 19.1. The average Bonchev–Trinajstić information content (AvgIpc) is 3.26. The van der Waals surface area contributed by atoms with Crippen molar-refractivity contribution < 1.29 is 4.79 Å². The monoisotopic (exact) mass is 357 g/mol. The molecule has 0 spiro atoms. The zero-order valence-electron chi connectivity index (χ0n) is 14.9. The van der Waals surface area contributed by atoms with Crippen LogP contribution in [-0.2, 0) is 13.0 Å². The SMILES string of the molecule is CCCc1nc(C(=O)NCC[C@H]2CCN(Cc3ccccc3)C2)cs1. The highest BCUT2D eigenvalue weighted by Gasteiger charge is 2.22. The van der Waals surface area contributed by atoms with Crippen LogP contribution in [0.5, 0.6) is 0 Å². The molecule has 0 saturated carbocycles. The van der Waals surface area contributed by atoms with Crippen LogP contribution in [0.1, 0.15) is 47.2 Å². The van der Waals surface area contributed by atoms with Crippen LogP contribution < -0.4 is 5.32 Å². The maximum atomic E-state index is 12.2. The van der Waals surface area contributed by atoms with Crippen molar-refractivity contribution in [3.8, 4) is 0 Å². The van der Waals surface area contributed by atoms with Gasteiger partial charge in [-0.2, -0.15) is 0 Å². The minimum Gasteiger partial charge on any atom is -0.351 e. The summed E-state index contributed by atoms with van der Waals surface area (Å²) in [6, 6.07) is 10.6. The first-order valence-electron chi connectivity index (χ1n) is 9.23. The Balaban J connectivity index is 1.37. The first-order chi connectivity index (χ1) is 12.2. The predicted molar refractivity (Wildman–Crippen MR) is 103 cm³/mol. The molecule has 1 N–H and O–H groups in total. The predicted octanol–water partition coefficient (Wildman–Crippen LogP) is 3.74. The Morgan fingerprint density at radius 3 is 3.00 bits per heavy atom. The van der Waals surface area contributed by atoms with E-state index in [1.54, 1.807) is 11.3 Å². The molecule has 4 nitrogen and oxygen atoms in total. The number of aromatic nitrogens is 1. The van der Waals surface area contributed by atoms with Gasteiger partial charge in [-0.1, -0.05) is 37.3 Å². The lowest BCUT2D eigenvalue weighted by Gasteiger charge is -2.16. The Labute approximate surface area is 154 Å². The molecule has 0 aliphatic carbocycles. The molecule has 1 amide bonds. The quantitative estimate of drug-likeness (QED) is 0.783. The van der Waals surface area contributed by atoms with Crippen molar-refractivity contribution in [3.63, 3.8) is 0 Å². The van der Waals surface area contributed by atoms with Crippen molar-refractivity contribution in [2.24, 2.45) is 5.92 Å². The topological polar surface area (TPSA) is 45.2 Å². The first-order valence-corrected chi connectivity index (χ1v) is 10.1. The number of benzene rings is 1. The van der Waals surface area contributed by atoms with Crippen molar-refractivity contribution in [1.29, 1.82) is 0 Å². The summed E-state index contributed by atoms with van der Waals surface area (Å²) in [7, 11) is 0. The van der Waals surface area contributed by atoms with Gasteiger partial charge in [0.1, 0.15) is 5.69 Å². The molecule has 2 aromatic rings. The van der Waals surface area contributed by atoms with Crippen molar-refractivity contribution in [1.82, 2.24) is 15.2 Å². The summed E-state index contributed by atoms with van der Waals surface area (Å²) in [5.41, 5.74) is 1.95. The molecule has 1 aliphatic rings. The van der Waals surface area contributed by atoms with Gasteiger partial charge in [0.25, 0.3) is 5.91 Å². The summed E-state index contributed by atoms with van der Waals surface area (Å²) in [6.07, 6.45) is 4.29. The van der Waals surface area contributed by atoms with Gasteiger partial charge in [-0.15, -0.1) is 11.3 Å². The normalized spacial score (nSPS) is 17.7. The van der Waals surface area contributed by atoms with Gasteiger partial charge in [0.2, 0.25) is 0 Å². The number of likely N-dealkylation sites (tertiary alicyclic amines) is 1. The van der Waals surface area contributed by atoms with Gasteiger partial charge in [-0.05, 0) is 43.7 Å². The third-order valence-corrected chi connectivity index (χ3v) is 5.61. The van der Waals surface area contributed by atoms with E-state index in [-0.39, 0.29) is 5.91 Å². The summed E-state index contributed by atoms with van der Waals surface area (Å²) in [5, 5.41) is 5.96. The largest absolute Gasteiger partial charge is 0.351 e. The minimum atomic E-state index is -0.0299. The van der Waals surface area contributed by atoms with Crippen LogP contribution in [0.3, 0.4) is 0 Å². The molecule has 5 heteroatoms. The highest BCUT2D eigenvalue weighted by Crippen LogP contribution is 2.21. The summed E-state index contributed by atoms with van der Waals surface area (Å²) < 4.78 is 0. The van der Waals surface area contributed by atoms with Gasteiger partial charge in [0.05, 0.1) is 5.01 Å². The molecule has 2 heterocycles. The second kappa shape index (κ2) is 9.11. The Hall–Kier alpha value is -1.72. The van der Waals surface area contributed by atoms with Gasteiger partial charge < -0.3 is 5.32 Å². The molecular weight excluding hydrogens is 330 g/mol. The average molecular weight is 358 g/mol. The van der Waals surface area contributed by atoms with E-state index in [4.69, 9.17) is 0 Å². The maximum Gasteiger partial charge on any atom is 0.270 e. The summed E-state index contributed by atoms with van der Waals surface area (Å²) in [5.74, 6) is 0.646. The molecule has 1 aromatic heterocycles. The molecule has 1 atom stereocenters. The maximum absolute atomic E-state index is 12.2. The Bertz CT molecular complexity index is 671. The Morgan fingerprint density at radius 1 is 1.36 bits per heavy atom. The van der Waals surface area contributed by atoms with Crippen LogP contribution in [0.15, 0.2) is 35.7 Å². The van der Waals surface area contributed by atoms with E-state index in [1.165, 1.54) is 12.0 Å². The number of thiazole rings is 1. The van der Waals surface area contributed by atoms with Gasteiger partial charge in [0.15, 0.2) is 0 Å². The molecule has 1 saturated heterocycles. The molecule has 1 fully saturated rings. The molecule has 1 aliphatic heterocycles. The van der Waals surface area contributed by atoms with Crippen molar-refractivity contribution >= 4 is 17.2 Å². The van der Waals surface area contributed by atoms with Crippen LogP contribution >= 0.6 is 11.3 Å². The van der Waals surface area contributed by atoms with Gasteiger partial charge in [-0.3, -0.25) is 9.69 Å². The number of hydrogen-bond donors (Lipinski definition) is 1. The first kappa shape index (κ1) is 18.1. The van der Waals surface area contributed by atoms with Gasteiger partial charge in [-0.25, -0.2) is 4.98 Å². The number of amides is 1. The van der Waals surface area contributed by atoms with Crippen molar-refractivity contribution in [2.45, 2.75) is 39.2 Å². The summed E-state index contributed by atoms with van der Waals surface area (Å²) in [6.45, 7) is 6.18. The fraction of sp³-hybridized carbons (Fsp3) is 0.500. The lowest BCUT2D eigenvalue weighted by molar-refractivity contribution is 0.0947. The summed E-state index contributed by atoms with van der Waals surface area (Å²) >= 11 is 1.58. The molecule has 0 bridgehead atoms. The molecule has 1 aromatic carbocycles. The number of rotatable bonds is 8. The second-order valence-electron chi connectivity index (χ2n) is 6.80. The highest BCUT2D eigenvalue weighted by atomic mass is 32.1.